The highest BCUT2D eigenvalue weighted by Gasteiger charge is 2.20. The summed E-state index contributed by atoms with van der Waals surface area (Å²) in [5.41, 5.74) is 0.895. The lowest BCUT2D eigenvalue weighted by atomic mass is 10.1. The first-order valence-electron chi connectivity index (χ1n) is 6.24. The number of benzene rings is 1. The number of sulfonamides is 1. The smallest absolute Gasteiger partial charge is 0.258 e. The first kappa shape index (κ1) is 15.2. The van der Waals surface area contributed by atoms with Crippen molar-refractivity contribution in [3.8, 4) is 0 Å². The number of halogens is 1. The standard InChI is InChI=1S/C13H16BrN3O2S/c1-3-12-15-8-13(16-12)20(18,19)17-9(2)10-4-6-11(14)7-5-10/h4-9,17H,3H2,1-2H3,(H,15,16)/t9-/m0/s1. The molecular weight excluding hydrogens is 342 g/mol. The zero-order valence-corrected chi connectivity index (χ0v) is 13.6. The average Bonchev–Trinajstić information content (AvgIpc) is 2.88. The number of hydrogen-bond acceptors (Lipinski definition) is 3. The van der Waals surface area contributed by atoms with E-state index in [2.05, 4.69) is 30.6 Å². The molecule has 1 aromatic carbocycles. The second kappa shape index (κ2) is 6.07. The van der Waals surface area contributed by atoms with E-state index >= 15 is 0 Å². The van der Waals surface area contributed by atoms with E-state index in [1.165, 1.54) is 6.20 Å². The van der Waals surface area contributed by atoms with Crippen molar-refractivity contribution in [2.45, 2.75) is 31.3 Å². The summed E-state index contributed by atoms with van der Waals surface area (Å²) in [5.74, 6) is 0.654. The van der Waals surface area contributed by atoms with E-state index < -0.39 is 10.0 Å². The van der Waals surface area contributed by atoms with Crippen LogP contribution in [0, 0.1) is 0 Å². The Morgan fingerprint density at radius 3 is 2.55 bits per heavy atom. The fourth-order valence-electron chi connectivity index (χ4n) is 1.78. The number of imidazole rings is 1. The highest BCUT2D eigenvalue weighted by molar-refractivity contribution is 9.10. The molecule has 1 atom stereocenters. The molecule has 0 saturated carbocycles. The van der Waals surface area contributed by atoms with Gasteiger partial charge in [-0.25, -0.2) is 18.1 Å². The number of nitrogens with one attached hydrogen (secondary N) is 2. The molecule has 0 amide bonds. The second-order valence-corrected chi connectivity index (χ2v) is 7.04. The van der Waals surface area contributed by atoms with Crippen LogP contribution < -0.4 is 4.72 Å². The molecule has 5 nitrogen and oxygen atoms in total. The van der Waals surface area contributed by atoms with Crippen LogP contribution in [-0.4, -0.2) is 18.4 Å². The Hall–Kier alpha value is -1.18. The Kier molecular flexibility index (Phi) is 4.62. The minimum absolute atomic E-state index is 0.0957. The fraction of sp³-hybridized carbons (Fsp3) is 0.308. The van der Waals surface area contributed by atoms with Crippen molar-refractivity contribution in [1.82, 2.24) is 14.7 Å². The number of aromatic nitrogens is 2. The van der Waals surface area contributed by atoms with E-state index in [9.17, 15) is 8.42 Å². The molecule has 0 aliphatic heterocycles. The monoisotopic (exact) mass is 357 g/mol. The summed E-state index contributed by atoms with van der Waals surface area (Å²) in [5, 5.41) is 0.0957. The van der Waals surface area contributed by atoms with Crippen LogP contribution in [0.2, 0.25) is 0 Å². The highest BCUT2D eigenvalue weighted by Crippen LogP contribution is 2.18. The number of hydrogen-bond donors (Lipinski definition) is 2. The molecule has 7 heteroatoms. The molecule has 0 radical (unpaired) electrons. The highest BCUT2D eigenvalue weighted by atomic mass is 79.9. The van der Waals surface area contributed by atoms with Gasteiger partial charge in [0.05, 0.1) is 6.20 Å². The number of rotatable bonds is 5. The summed E-state index contributed by atoms with van der Waals surface area (Å²) in [7, 11) is -3.59. The molecule has 2 rings (SSSR count). The maximum atomic E-state index is 12.2. The van der Waals surface area contributed by atoms with Gasteiger partial charge in [-0.3, -0.25) is 0 Å². The number of H-pyrrole nitrogens is 1. The summed E-state index contributed by atoms with van der Waals surface area (Å²) in [6, 6.07) is 7.20. The van der Waals surface area contributed by atoms with Gasteiger partial charge in [-0.05, 0) is 24.6 Å². The minimum Gasteiger partial charge on any atom is -0.332 e. The third kappa shape index (κ3) is 3.47. The topological polar surface area (TPSA) is 74.8 Å². The van der Waals surface area contributed by atoms with Crippen LogP contribution in [0.3, 0.4) is 0 Å². The lowest BCUT2D eigenvalue weighted by Gasteiger charge is -2.13. The third-order valence-electron chi connectivity index (χ3n) is 2.93. The van der Waals surface area contributed by atoms with Gasteiger partial charge in [0.2, 0.25) is 0 Å². The molecule has 0 aliphatic rings. The fourth-order valence-corrected chi connectivity index (χ4v) is 3.21. The molecule has 1 aromatic heterocycles. The number of nitrogens with zero attached hydrogens (tertiary/aromatic N) is 1. The predicted molar refractivity (Wildman–Crippen MR) is 80.8 cm³/mol. The van der Waals surface area contributed by atoms with Gasteiger partial charge in [0.25, 0.3) is 10.0 Å². The molecule has 0 aliphatic carbocycles. The Labute approximate surface area is 127 Å². The van der Waals surface area contributed by atoms with E-state index in [-0.39, 0.29) is 11.1 Å². The first-order chi connectivity index (χ1) is 9.42. The average molecular weight is 358 g/mol. The van der Waals surface area contributed by atoms with Crippen molar-refractivity contribution in [3.63, 3.8) is 0 Å². The van der Waals surface area contributed by atoms with E-state index in [0.717, 1.165) is 10.0 Å². The van der Waals surface area contributed by atoms with Crippen LogP contribution in [0.1, 0.15) is 31.3 Å². The quantitative estimate of drug-likeness (QED) is 0.863. The molecule has 0 unspecified atom stereocenters. The Morgan fingerprint density at radius 2 is 2.00 bits per heavy atom. The van der Waals surface area contributed by atoms with Gasteiger partial charge >= 0.3 is 0 Å². The Morgan fingerprint density at radius 1 is 1.35 bits per heavy atom. The van der Waals surface area contributed by atoms with Crippen LogP contribution in [0.25, 0.3) is 0 Å². The van der Waals surface area contributed by atoms with Gasteiger partial charge in [-0.15, -0.1) is 0 Å². The number of aryl methyl sites for hydroxylation is 1. The zero-order valence-electron chi connectivity index (χ0n) is 11.2. The molecule has 0 spiro atoms. The van der Waals surface area contributed by atoms with Gasteiger partial charge in [-0.1, -0.05) is 35.0 Å². The normalized spacial score (nSPS) is 13.3. The number of aromatic amines is 1. The van der Waals surface area contributed by atoms with Crippen molar-refractivity contribution in [1.29, 1.82) is 0 Å². The van der Waals surface area contributed by atoms with Gasteiger partial charge in [0.15, 0.2) is 5.03 Å². The molecule has 1 heterocycles. The molecule has 0 bridgehead atoms. The zero-order chi connectivity index (χ0) is 14.8. The van der Waals surface area contributed by atoms with Crippen molar-refractivity contribution in [2.24, 2.45) is 0 Å². The van der Waals surface area contributed by atoms with Gasteiger partial charge in [0.1, 0.15) is 5.82 Å². The molecule has 20 heavy (non-hydrogen) atoms. The Bertz CT molecular complexity index is 680. The van der Waals surface area contributed by atoms with E-state index in [1.54, 1.807) is 6.92 Å². The van der Waals surface area contributed by atoms with Crippen LogP contribution >= 0.6 is 15.9 Å². The molecular formula is C13H16BrN3O2S. The predicted octanol–water partition coefficient (Wildman–Crippen LogP) is 2.77. The van der Waals surface area contributed by atoms with Crippen LogP contribution in [-0.2, 0) is 16.4 Å². The molecule has 0 fully saturated rings. The second-order valence-electron chi connectivity index (χ2n) is 4.44. The van der Waals surface area contributed by atoms with Crippen LogP contribution in [0.4, 0.5) is 0 Å². The van der Waals surface area contributed by atoms with Gasteiger partial charge < -0.3 is 4.98 Å². The molecule has 2 N–H and O–H groups in total. The summed E-state index contributed by atoms with van der Waals surface area (Å²) < 4.78 is 28.0. The van der Waals surface area contributed by atoms with E-state index in [0.29, 0.717) is 12.2 Å². The van der Waals surface area contributed by atoms with Crippen molar-refractivity contribution < 1.29 is 8.42 Å². The van der Waals surface area contributed by atoms with Gasteiger partial charge in [-0.2, -0.15) is 0 Å². The SMILES string of the molecule is CCc1ncc(S(=O)(=O)N[C@@H](C)c2ccc(Br)cc2)[nH]1. The lowest BCUT2D eigenvalue weighted by molar-refractivity contribution is 0.563. The summed E-state index contributed by atoms with van der Waals surface area (Å²) in [4.78, 5) is 6.81. The van der Waals surface area contributed by atoms with Crippen molar-refractivity contribution >= 4 is 26.0 Å². The van der Waals surface area contributed by atoms with E-state index in [1.807, 2.05) is 31.2 Å². The van der Waals surface area contributed by atoms with Crippen molar-refractivity contribution in [2.75, 3.05) is 0 Å². The first-order valence-corrected chi connectivity index (χ1v) is 8.51. The molecule has 2 aromatic rings. The molecule has 0 saturated heterocycles. The third-order valence-corrected chi connectivity index (χ3v) is 4.91. The van der Waals surface area contributed by atoms with Gasteiger partial charge in [0, 0.05) is 16.9 Å². The Balaban J connectivity index is 2.17. The summed E-state index contributed by atoms with van der Waals surface area (Å²) >= 11 is 3.35. The summed E-state index contributed by atoms with van der Waals surface area (Å²) in [6.07, 6.45) is 2.01. The molecule has 108 valence electrons. The largest absolute Gasteiger partial charge is 0.332 e. The maximum absolute atomic E-state index is 12.2. The maximum Gasteiger partial charge on any atom is 0.258 e. The van der Waals surface area contributed by atoms with E-state index in [4.69, 9.17) is 0 Å². The summed E-state index contributed by atoms with van der Waals surface area (Å²) in [6.45, 7) is 3.71. The van der Waals surface area contributed by atoms with Crippen LogP contribution in [0.5, 0.6) is 0 Å². The minimum atomic E-state index is -3.59. The lowest BCUT2D eigenvalue weighted by Crippen LogP contribution is -2.27. The van der Waals surface area contributed by atoms with Crippen LogP contribution in [0.15, 0.2) is 40.0 Å². The van der Waals surface area contributed by atoms with Crippen molar-refractivity contribution in [3.05, 3.63) is 46.3 Å².